The molecule has 0 fully saturated rings. The molecule has 6 heteroatoms. The second-order valence-corrected chi connectivity index (χ2v) is 4.89. The van der Waals surface area contributed by atoms with Crippen LogP contribution in [0, 0.1) is 0 Å². The van der Waals surface area contributed by atoms with Gasteiger partial charge in [0.1, 0.15) is 0 Å². The van der Waals surface area contributed by atoms with Crippen LogP contribution in [0.3, 0.4) is 0 Å². The Morgan fingerprint density at radius 1 is 1.30 bits per heavy atom. The summed E-state index contributed by atoms with van der Waals surface area (Å²) in [5.74, 6) is -1.55. The minimum atomic E-state index is -1.11. The first-order valence-electron chi connectivity index (χ1n) is 6.30. The standard InChI is InChI=1S/C14H19NO5/c1-14(20,6-3-7-16)9-15-12(17)10-4-2-5-11(8-10)13(18)19/h2,4-5,8,16,20H,3,6-7,9H2,1H3,(H,15,17)(H,18,19). The number of carbonyl (C=O) groups is 2. The summed E-state index contributed by atoms with van der Waals surface area (Å²) >= 11 is 0. The minimum Gasteiger partial charge on any atom is -0.478 e. The Kier molecular flexibility index (Phi) is 5.66. The van der Waals surface area contributed by atoms with E-state index in [9.17, 15) is 14.7 Å². The lowest BCUT2D eigenvalue weighted by molar-refractivity contribution is 0.0415. The molecule has 1 atom stereocenters. The molecule has 0 aliphatic carbocycles. The van der Waals surface area contributed by atoms with Gasteiger partial charge in [-0.1, -0.05) is 6.07 Å². The van der Waals surface area contributed by atoms with E-state index in [-0.39, 0.29) is 24.3 Å². The van der Waals surface area contributed by atoms with Gasteiger partial charge < -0.3 is 20.6 Å². The lowest BCUT2D eigenvalue weighted by Gasteiger charge is -2.23. The maximum Gasteiger partial charge on any atom is 0.335 e. The van der Waals surface area contributed by atoms with Crippen molar-refractivity contribution >= 4 is 11.9 Å². The van der Waals surface area contributed by atoms with Crippen molar-refractivity contribution in [3.05, 3.63) is 35.4 Å². The number of hydrogen-bond acceptors (Lipinski definition) is 4. The Bertz CT molecular complexity index is 484. The molecule has 1 amide bonds. The molecule has 20 heavy (non-hydrogen) atoms. The average Bonchev–Trinajstić information content (AvgIpc) is 2.43. The van der Waals surface area contributed by atoms with Crippen LogP contribution in [0.4, 0.5) is 0 Å². The number of amides is 1. The first-order valence-corrected chi connectivity index (χ1v) is 6.30. The molecular weight excluding hydrogens is 262 g/mol. The predicted octanol–water partition coefficient (Wildman–Crippen LogP) is 0.638. The summed E-state index contributed by atoms with van der Waals surface area (Å²) in [4.78, 5) is 22.7. The Balaban J connectivity index is 2.63. The topological polar surface area (TPSA) is 107 Å². The van der Waals surface area contributed by atoms with E-state index in [1.165, 1.54) is 24.3 Å². The molecule has 1 unspecified atom stereocenters. The highest BCUT2D eigenvalue weighted by Crippen LogP contribution is 2.11. The van der Waals surface area contributed by atoms with Crippen LogP contribution in [0.15, 0.2) is 24.3 Å². The summed E-state index contributed by atoms with van der Waals surface area (Å²) in [6.07, 6.45) is 0.802. The molecule has 0 aliphatic heterocycles. The summed E-state index contributed by atoms with van der Waals surface area (Å²) in [7, 11) is 0. The van der Waals surface area contributed by atoms with Crippen molar-refractivity contribution in [2.75, 3.05) is 13.2 Å². The number of aliphatic hydroxyl groups excluding tert-OH is 1. The first-order chi connectivity index (χ1) is 9.35. The number of carboxylic acids is 1. The number of nitrogens with one attached hydrogen (secondary N) is 1. The van der Waals surface area contributed by atoms with Gasteiger partial charge in [-0.15, -0.1) is 0 Å². The van der Waals surface area contributed by atoms with Gasteiger partial charge in [-0.05, 0) is 38.0 Å². The molecule has 0 saturated heterocycles. The summed E-state index contributed by atoms with van der Waals surface area (Å²) in [6.45, 7) is 1.57. The number of benzene rings is 1. The fraction of sp³-hybridized carbons (Fsp3) is 0.429. The van der Waals surface area contributed by atoms with E-state index in [2.05, 4.69) is 5.32 Å². The fourth-order valence-corrected chi connectivity index (χ4v) is 1.71. The highest BCUT2D eigenvalue weighted by atomic mass is 16.4. The first kappa shape index (κ1) is 16.1. The van der Waals surface area contributed by atoms with Crippen molar-refractivity contribution in [3.8, 4) is 0 Å². The number of hydrogen-bond donors (Lipinski definition) is 4. The maximum atomic E-state index is 11.9. The van der Waals surface area contributed by atoms with Crippen LogP contribution < -0.4 is 5.32 Å². The van der Waals surface area contributed by atoms with Gasteiger partial charge in [-0.3, -0.25) is 4.79 Å². The fourth-order valence-electron chi connectivity index (χ4n) is 1.71. The molecule has 4 N–H and O–H groups in total. The number of carbonyl (C=O) groups excluding carboxylic acids is 1. The summed E-state index contributed by atoms with van der Waals surface area (Å²) in [6, 6.07) is 5.67. The van der Waals surface area contributed by atoms with Gasteiger partial charge in [0, 0.05) is 18.7 Å². The van der Waals surface area contributed by atoms with Gasteiger partial charge in [0.25, 0.3) is 5.91 Å². The second kappa shape index (κ2) is 7.02. The quantitative estimate of drug-likeness (QED) is 0.586. The highest BCUT2D eigenvalue weighted by molar-refractivity contribution is 5.97. The zero-order valence-corrected chi connectivity index (χ0v) is 11.3. The molecule has 0 saturated carbocycles. The normalized spacial score (nSPS) is 13.6. The predicted molar refractivity (Wildman–Crippen MR) is 72.7 cm³/mol. The van der Waals surface area contributed by atoms with Gasteiger partial charge in [-0.25, -0.2) is 4.79 Å². The van der Waals surface area contributed by atoms with Gasteiger partial charge >= 0.3 is 5.97 Å². The van der Waals surface area contributed by atoms with Crippen LogP contribution in [0.1, 0.15) is 40.5 Å². The summed E-state index contributed by atoms with van der Waals surface area (Å²) in [5, 5.41) is 30.1. The van der Waals surface area contributed by atoms with E-state index in [1.807, 2.05) is 0 Å². The van der Waals surface area contributed by atoms with Gasteiger partial charge in [-0.2, -0.15) is 0 Å². The van der Waals surface area contributed by atoms with Crippen molar-refractivity contribution in [3.63, 3.8) is 0 Å². The van der Waals surface area contributed by atoms with Crippen LogP contribution in [-0.4, -0.2) is 45.9 Å². The number of rotatable bonds is 7. The van der Waals surface area contributed by atoms with Gasteiger partial charge in [0.15, 0.2) is 0 Å². The van der Waals surface area contributed by atoms with Crippen molar-refractivity contribution in [1.82, 2.24) is 5.32 Å². The largest absolute Gasteiger partial charge is 0.478 e. The van der Waals surface area contributed by atoms with E-state index in [4.69, 9.17) is 10.2 Å². The molecular formula is C14H19NO5. The number of carboxylic acid groups (broad SMARTS) is 1. The maximum absolute atomic E-state index is 11.9. The van der Waals surface area contributed by atoms with E-state index in [0.717, 1.165) is 0 Å². The lowest BCUT2D eigenvalue weighted by atomic mass is 10.0. The van der Waals surface area contributed by atoms with Crippen LogP contribution in [0.5, 0.6) is 0 Å². The molecule has 0 spiro atoms. The highest BCUT2D eigenvalue weighted by Gasteiger charge is 2.21. The van der Waals surface area contributed by atoms with E-state index < -0.39 is 17.5 Å². The summed E-state index contributed by atoms with van der Waals surface area (Å²) < 4.78 is 0. The van der Waals surface area contributed by atoms with Crippen LogP contribution in [0.2, 0.25) is 0 Å². The third kappa shape index (κ3) is 4.99. The van der Waals surface area contributed by atoms with E-state index >= 15 is 0 Å². The average molecular weight is 281 g/mol. The Hall–Kier alpha value is -1.92. The smallest absolute Gasteiger partial charge is 0.335 e. The van der Waals surface area contributed by atoms with Crippen molar-refractivity contribution in [2.24, 2.45) is 0 Å². The van der Waals surface area contributed by atoms with Crippen LogP contribution >= 0.6 is 0 Å². The van der Waals surface area contributed by atoms with Crippen LogP contribution in [0.25, 0.3) is 0 Å². The van der Waals surface area contributed by atoms with Gasteiger partial charge in [0.05, 0.1) is 11.2 Å². The molecule has 0 aliphatic rings. The zero-order valence-electron chi connectivity index (χ0n) is 11.3. The van der Waals surface area contributed by atoms with Crippen molar-refractivity contribution < 1.29 is 24.9 Å². The molecule has 1 aromatic rings. The van der Waals surface area contributed by atoms with Crippen molar-refractivity contribution in [1.29, 1.82) is 0 Å². The Labute approximate surface area is 117 Å². The Morgan fingerprint density at radius 2 is 1.95 bits per heavy atom. The molecule has 0 bridgehead atoms. The van der Waals surface area contributed by atoms with Crippen LogP contribution in [-0.2, 0) is 0 Å². The molecule has 110 valence electrons. The third-order valence-electron chi connectivity index (χ3n) is 2.87. The molecule has 0 radical (unpaired) electrons. The second-order valence-electron chi connectivity index (χ2n) is 4.89. The summed E-state index contributed by atoms with van der Waals surface area (Å²) in [5.41, 5.74) is -0.851. The molecule has 6 nitrogen and oxygen atoms in total. The number of aliphatic hydroxyl groups is 2. The number of aromatic carboxylic acids is 1. The minimum absolute atomic E-state index is 0.0231. The van der Waals surface area contributed by atoms with E-state index in [0.29, 0.717) is 12.8 Å². The third-order valence-corrected chi connectivity index (χ3v) is 2.87. The molecule has 0 aromatic heterocycles. The molecule has 1 rings (SSSR count). The SMILES string of the molecule is CC(O)(CCCO)CNC(=O)c1cccc(C(=O)O)c1. The van der Waals surface area contributed by atoms with Crippen molar-refractivity contribution in [2.45, 2.75) is 25.4 Å². The van der Waals surface area contributed by atoms with Gasteiger partial charge in [0.2, 0.25) is 0 Å². The lowest BCUT2D eigenvalue weighted by Crippen LogP contribution is -2.40. The van der Waals surface area contributed by atoms with E-state index in [1.54, 1.807) is 6.92 Å². The molecule has 1 aromatic carbocycles. The Morgan fingerprint density at radius 3 is 2.55 bits per heavy atom. The zero-order chi connectivity index (χ0) is 15.2. The molecule has 0 heterocycles. The monoisotopic (exact) mass is 281 g/mol.